The Balaban J connectivity index is 1.31. The predicted octanol–water partition coefficient (Wildman–Crippen LogP) is -2.39. The van der Waals surface area contributed by atoms with E-state index in [1.807, 2.05) is 0 Å². The maximum atomic E-state index is 13.2. The molecule has 0 unspecified atom stereocenters. The lowest BCUT2D eigenvalue weighted by Crippen LogP contribution is -3.29. The monoisotopic (exact) mass is 405 g/mol. The number of amides is 4. The normalized spacial score (nSPS) is 29.7. The minimum atomic E-state index is -1.18. The number of carbonyl (C=O) groups is 3. The molecule has 0 bridgehead atoms. The number of piperazine rings is 1. The number of imide groups is 1. The van der Waals surface area contributed by atoms with Gasteiger partial charge < -0.3 is 20.4 Å². The van der Waals surface area contributed by atoms with E-state index in [0.717, 1.165) is 43.9 Å². The minimum absolute atomic E-state index is 0.107. The van der Waals surface area contributed by atoms with Crippen molar-refractivity contribution in [3.63, 3.8) is 0 Å². The van der Waals surface area contributed by atoms with Crippen LogP contribution >= 0.6 is 0 Å². The molecule has 2 aliphatic heterocycles. The standard InChI is InChI=1S/C20H26FN5O3/c1-20(14-2-4-15(21)5-3-14)18(28)26(19(29)23-20)13-25-10-8-24(9-11-25)12-17(27)22-16-6-7-16/h2-5,16H,6-13H2,1H3,(H,22,27)(H,23,29)/p+2/t20-/m0/s1. The molecule has 3 fully saturated rings. The highest BCUT2D eigenvalue weighted by molar-refractivity contribution is 6.07. The van der Waals surface area contributed by atoms with E-state index in [2.05, 4.69) is 10.6 Å². The van der Waals surface area contributed by atoms with Gasteiger partial charge in [-0.2, -0.15) is 0 Å². The second kappa shape index (κ2) is 7.72. The molecule has 2 saturated heterocycles. The maximum Gasteiger partial charge on any atom is 0.329 e. The third-order valence-electron chi connectivity index (χ3n) is 6.10. The number of quaternary nitrogens is 2. The highest BCUT2D eigenvalue weighted by Gasteiger charge is 2.50. The van der Waals surface area contributed by atoms with Crippen molar-refractivity contribution in [1.82, 2.24) is 15.5 Å². The molecule has 0 aromatic heterocycles. The molecule has 3 aliphatic rings. The third-order valence-corrected chi connectivity index (χ3v) is 6.10. The van der Waals surface area contributed by atoms with E-state index in [-0.39, 0.29) is 17.6 Å². The number of rotatable bonds is 6. The molecule has 9 heteroatoms. The van der Waals surface area contributed by atoms with Crippen molar-refractivity contribution < 1.29 is 28.6 Å². The van der Waals surface area contributed by atoms with Gasteiger partial charge in [-0.1, -0.05) is 12.1 Å². The maximum absolute atomic E-state index is 13.2. The van der Waals surface area contributed by atoms with E-state index in [1.54, 1.807) is 6.92 Å². The van der Waals surface area contributed by atoms with Crippen LogP contribution in [0.5, 0.6) is 0 Å². The van der Waals surface area contributed by atoms with E-state index in [0.29, 0.717) is 24.8 Å². The van der Waals surface area contributed by atoms with Crippen molar-refractivity contribution in [1.29, 1.82) is 0 Å². The zero-order valence-electron chi connectivity index (χ0n) is 16.6. The lowest BCUT2D eigenvalue weighted by atomic mass is 9.92. The summed E-state index contributed by atoms with van der Waals surface area (Å²) in [6.07, 6.45) is 2.17. The lowest BCUT2D eigenvalue weighted by molar-refractivity contribution is -1.01. The van der Waals surface area contributed by atoms with Crippen molar-refractivity contribution in [2.75, 3.05) is 39.4 Å². The van der Waals surface area contributed by atoms with Crippen LogP contribution < -0.4 is 20.4 Å². The fraction of sp³-hybridized carbons (Fsp3) is 0.550. The van der Waals surface area contributed by atoms with E-state index in [1.165, 1.54) is 34.1 Å². The van der Waals surface area contributed by atoms with Gasteiger partial charge in [0.05, 0.1) is 0 Å². The van der Waals surface area contributed by atoms with E-state index in [9.17, 15) is 18.8 Å². The second-order valence-corrected chi connectivity index (χ2v) is 8.47. The van der Waals surface area contributed by atoms with Gasteiger partial charge in [0.25, 0.3) is 11.8 Å². The SMILES string of the molecule is C[C@@]1(c2ccc(F)cc2)NC(=O)N(C[NH+]2CC[NH+](CC(=O)NC3CC3)CC2)C1=O. The zero-order valence-corrected chi connectivity index (χ0v) is 16.6. The van der Waals surface area contributed by atoms with Crippen molar-refractivity contribution in [3.05, 3.63) is 35.6 Å². The average molecular weight is 405 g/mol. The van der Waals surface area contributed by atoms with Crippen LogP contribution in [0.25, 0.3) is 0 Å². The lowest BCUT2D eigenvalue weighted by Gasteiger charge is -2.31. The summed E-state index contributed by atoms with van der Waals surface area (Å²) in [5, 5.41) is 5.77. The summed E-state index contributed by atoms with van der Waals surface area (Å²) < 4.78 is 13.2. The number of urea groups is 1. The van der Waals surface area contributed by atoms with Crippen LogP contribution in [0.3, 0.4) is 0 Å². The topological polar surface area (TPSA) is 87.4 Å². The van der Waals surface area contributed by atoms with Gasteiger partial charge in [-0.25, -0.2) is 14.1 Å². The van der Waals surface area contributed by atoms with Crippen LogP contribution in [-0.4, -0.2) is 68.2 Å². The zero-order chi connectivity index (χ0) is 20.6. The van der Waals surface area contributed by atoms with Crippen LogP contribution in [0.4, 0.5) is 9.18 Å². The molecule has 4 rings (SSSR count). The van der Waals surface area contributed by atoms with Crippen LogP contribution in [-0.2, 0) is 15.1 Å². The summed E-state index contributed by atoms with van der Waals surface area (Å²) in [4.78, 5) is 41.1. The Kier molecular flexibility index (Phi) is 5.26. The van der Waals surface area contributed by atoms with E-state index < -0.39 is 11.6 Å². The van der Waals surface area contributed by atoms with Crippen molar-refractivity contribution in [2.45, 2.75) is 31.3 Å². The van der Waals surface area contributed by atoms with Crippen LogP contribution in [0.2, 0.25) is 0 Å². The first-order chi connectivity index (χ1) is 13.8. The quantitative estimate of drug-likeness (QED) is 0.399. The van der Waals surface area contributed by atoms with Crippen LogP contribution in [0.15, 0.2) is 24.3 Å². The third kappa shape index (κ3) is 4.25. The van der Waals surface area contributed by atoms with Gasteiger partial charge in [-0.3, -0.25) is 9.59 Å². The largest absolute Gasteiger partial charge is 0.348 e. The molecule has 1 atom stereocenters. The Morgan fingerprint density at radius 3 is 2.41 bits per heavy atom. The number of benzene rings is 1. The van der Waals surface area contributed by atoms with Gasteiger partial charge in [0.1, 0.15) is 37.5 Å². The number of nitrogens with zero attached hydrogens (tertiary/aromatic N) is 1. The van der Waals surface area contributed by atoms with Gasteiger partial charge in [0, 0.05) is 6.04 Å². The van der Waals surface area contributed by atoms with Crippen LogP contribution in [0.1, 0.15) is 25.3 Å². The molecular weight excluding hydrogens is 377 g/mol. The van der Waals surface area contributed by atoms with Crippen molar-refractivity contribution >= 4 is 17.8 Å². The molecule has 4 N–H and O–H groups in total. The van der Waals surface area contributed by atoms with Crippen LogP contribution in [0, 0.1) is 5.82 Å². The van der Waals surface area contributed by atoms with Gasteiger partial charge in [0.15, 0.2) is 13.2 Å². The van der Waals surface area contributed by atoms with Gasteiger partial charge in [0.2, 0.25) is 0 Å². The molecule has 1 aromatic rings. The average Bonchev–Trinajstić information content (AvgIpc) is 3.47. The fourth-order valence-corrected chi connectivity index (χ4v) is 4.07. The Labute approximate surface area is 169 Å². The highest BCUT2D eigenvalue weighted by atomic mass is 19.1. The molecule has 156 valence electrons. The summed E-state index contributed by atoms with van der Waals surface area (Å²) >= 11 is 0. The summed E-state index contributed by atoms with van der Waals surface area (Å²) in [5.41, 5.74) is -0.622. The van der Waals surface area contributed by atoms with Gasteiger partial charge in [-0.05, 0) is 37.5 Å². The summed E-state index contributed by atoms with van der Waals surface area (Å²) in [7, 11) is 0. The molecule has 0 radical (unpaired) electrons. The number of carbonyl (C=O) groups excluding carboxylic acids is 3. The Morgan fingerprint density at radius 2 is 1.79 bits per heavy atom. The number of nitrogens with one attached hydrogen (secondary N) is 4. The summed E-state index contributed by atoms with van der Waals surface area (Å²) in [6, 6.07) is 5.58. The highest BCUT2D eigenvalue weighted by Crippen LogP contribution is 2.28. The number of hydrogen-bond acceptors (Lipinski definition) is 3. The summed E-state index contributed by atoms with van der Waals surface area (Å²) in [5.74, 6) is -0.600. The number of halogens is 1. The Bertz CT molecular complexity index is 805. The minimum Gasteiger partial charge on any atom is -0.348 e. The first-order valence-corrected chi connectivity index (χ1v) is 10.2. The van der Waals surface area contributed by atoms with E-state index >= 15 is 0 Å². The first kappa shape index (κ1) is 19.8. The number of hydrogen-bond donors (Lipinski definition) is 4. The fourth-order valence-electron chi connectivity index (χ4n) is 4.07. The van der Waals surface area contributed by atoms with E-state index in [4.69, 9.17) is 0 Å². The molecular formula is C20H28FN5O3+2. The molecule has 2 heterocycles. The molecule has 1 aromatic carbocycles. The smallest absolute Gasteiger partial charge is 0.329 e. The molecule has 29 heavy (non-hydrogen) atoms. The summed E-state index contributed by atoms with van der Waals surface area (Å²) in [6.45, 7) is 5.65. The predicted molar refractivity (Wildman–Crippen MR) is 101 cm³/mol. The van der Waals surface area contributed by atoms with Crippen molar-refractivity contribution in [2.24, 2.45) is 0 Å². The van der Waals surface area contributed by atoms with Gasteiger partial charge >= 0.3 is 6.03 Å². The Hall–Kier alpha value is -2.52. The van der Waals surface area contributed by atoms with Crippen molar-refractivity contribution in [3.8, 4) is 0 Å². The first-order valence-electron chi connectivity index (χ1n) is 10.2. The Morgan fingerprint density at radius 1 is 1.17 bits per heavy atom. The molecule has 1 aliphatic carbocycles. The molecule has 4 amide bonds. The molecule has 8 nitrogen and oxygen atoms in total. The molecule has 0 spiro atoms. The molecule has 1 saturated carbocycles. The van der Waals surface area contributed by atoms with Gasteiger partial charge in [-0.15, -0.1) is 0 Å². The second-order valence-electron chi connectivity index (χ2n) is 8.47.